The van der Waals surface area contributed by atoms with Crippen molar-refractivity contribution in [1.82, 2.24) is 15.1 Å². The van der Waals surface area contributed by atoms with Crippen molar-refractivity contribution in [1.29, 1.82) is 0 Å². The first kappa shape index (κ1) is 21.7. The van der Waals surface area contributed by atoms with Crippen molar-refractivity contribution in [2.24, 2.45) is 11.8 Å². The second kappa shape index (κ2) is 8.44. The first-order valence-corrected chi connectivity index (χ1v) is 13.1. The number of fused-ring (bicyclic) bond motifs is 5. The highest BCUT2D eigenvalue weighted by Crippen LogP contribution is 2.43. The van der Waals surface area contributed by atoms with Crippen LogP contribution in [-0.4, -0.2) is 21.7 Å². The molecular weight excluding hydrogens is 521 g/mol. The van der Waals surface area contributed by atoms with Gasteiger partial charge in [0.25, 0.3) is 5.91 Å². The summed E-state index contributed by atoms with van der Waals surface area (Å²) in [4.78, 5) is 13.5. The molecule has 3 aromatic rings. The lowest BCUT2D eigenvalue weighted by molar-refractivity contribution is 0.0911. The zero-order chi connectivity index (χ0) is 22.7. The van der Waals surface area contributed by atoms with Crippen LogP contribution >= 0.6 is 39.1 Å². The minimum absolute atomic E-state index is 0.0506. The number of carbonyl (C=O) groups excluding carboxylic acids is 1. The highest BCUT2D eigenvalue weighted by Gasteiger charge is 2.36. The van der Waals surface area contributed by atoms with Gasteiger partial charge in [0.15, 0.2) is 5.69 Å². The number of amides is 1. The summed E-state index contributed by atoms with van der Waals surface area (Å²) in [6.45, 7) is 0.481. The molecule has 170 valence electrons. The highest BCUT2D eigenvalue weighted by molar-refractivity contribution is 9.10. The van der Waals surface area contributed by atoms with E-state index in [9.17, 15) is 4.79 Å². The Bertz CT molecular complexity index is 1260. The molecule has 2 bridgehead atoms. The molecule has 1 amide bonds. The molecular formula is C26H24BrCl2N3O. The van der Waals surface area contributed by atoms with E-state index in [1.807, 2.05) is 22.9 Å². The lowest BCUT2D eigenvalue weighted by Gasteiger charge is -2.28. The smallest absolute Gasteiger partial charge is 0.272 e. The standard InChI is InChI=1S/C26H24BrCl2N3O/c27-18-4-6-21-17(10-18)11-22-24(26(33)30-20-8-14-1-2-15(7-14)9-20)31-32(25(21)22)13-16-3-5-19(28)12-23(16)29/h3-6,10,12,14-15,20H,1-2,7-9,11,13H2,(H,30,33). The van der Waals surface area contributed by atoms with Gasteiger partial charge in [-0.1, -0.05) is 64.1 Å². The molecule has 3 aliphatic carbocycles. The Kier molecular flexibility index (Phi) is 5.55. The van der Waals surface area contributed by atoms with Crippen LogP contribution in [0.1, 0.15) is 59.3 Å². The summed E-state index contributed by atoms with van der Waals surface area (Å²) in [5.74, 6) is 1.49. The van der Waals surface area contributed by atoms with E-state index >= 15 is 0 Å². The van der Waals surface area contributed by atoms with Crippen LogP contribution in [0.3, 0.4) is 0 Å². The van der Waals surface area contributed by atoms with Crippen LogP contribution in [0, 0.1) is 11.8 Å². The molecule has 1 heterocycles. The molecule has 2 saturated carbocycles. The molecule has 1 N–H and O–H groups in total. The van der Waals surface area contributed by atoms with Crippen LogP contribution < -0.4 is 5.32 Å². The molecule has 0 spiro atoms. The van der Waals surface area contributed by atoms with Crippen molar-refractivity contribution in [3.63, 3.8) is 0 Å². The Balaban J connectivity index is 1.36. The van der Waals surface area contributed by atoms with Gasteiger partial charge in [0.05, 0.1) is 12.2 Å². The maximum absolute atomic E-state index is 13.5. The second-order valence-corrected chi connectivity index (χ2v) is 11.5. The number of carbonyl (C=O) groups is 1. The SMILES string of the molecule is O=C(NC1CC2CCC(C2)C1)c1nn(Cc2ccc(Cl)cc2Cl)c2c1Cc1cc(Br)ccc1-2. The monoisotopic (exact) mass is 543 g/mol. The quantitative estimate of drug-likeness (QED) is 0.304. The van der Waals surface area contributed by atoms with E-state index in [1.54, 1.807) is 6.07 Å². The van der Waals surface area contributed by atoms with Gasteiger partial charge in [0, 0.05) is 38.1 Å². The Morgan fingerprint density at radius 1 is 1.09 bits per heavy atom. The van der Waals surface area contributed by atoms with Gasteiger partial charge in [0.2, 0.25) is 0 Å². The number of halogens is 3. The molecule has 7 heteroatoms. The highest BCUT2D eigenvalue weighted by atomic mass is 79.9. The fraction of sp³-hybridized carbons (Fsp3) is 0.385. The molecule has 0 aliphatic heterocycles. The van der Waals surface area contributed by atoms with E-state index in [-0.39, 0.29) is 11.9 Å². The first-order valence-electron chi connectivity index (χ1n) is 11.6. The van der Waals surface area contributed by atoms with Gasteiger partial charge in [-0.3, -0.25) is 9.48 Å². The third-order valence-electron chi connectivity index (χ3n) is 7.51. The van der Waals surface area contributed by atoms with E-state index in [4.69, 9.17) is 28.3 Å². The Hall–Kier alpha value is -1.82. The Morgan fingerprint density at radius 3 is 2.64 bits per heavy atom. The third kappa shape index (κ3) is 4.02. The van der Waals surface area contributed by atoms with Crippen LogP contribution in [0.4, 0.5) is 0 Å². The maximum atomic E-state index is 13.5. The van der Waals surface area contributed by atoms with Crippen molar-refractivity contribution in [2.45, 2.75) is 51.1 Å². The number of nitrogens with one attached hydrogen (secondary N) is 1. The summed E-state index contributed by atoms with van der Waals surface area (Å²) in [5, 5.41) is 9.37. The summed E-state index contributed by atoms with van der Waals surface area (Å²) in [5.41, 5.74) is 5.81. The molecule has 2 unspecified atom stereocenters. The largest absolute Gasteiger partial charge is 0.348 e. The number of hydrogen-bond donors (Lipinski definition) is 1. The molecule has 3 aliphatic rings. The fourth-order valence-electron chi connectivity index (χ4n) is 6.09. The van der Waals surface area contributed by atoms with E-state index in [2.05, 4.69) is 33.4 Å². The molecule has 0 saturated heterocycles. The molecule has 1 aromatic heterocycles. The molecule has 4 nitrogen and oxygen atoms in total. The first-order chi connectivity index (χ1) is 15.9. The van der Waals surface area contributed by atoms with Gasteiger partial charge in [0.1, 0.15) is 0 Å². The minimum atomic E-state index is -0.0506. The average molecular weight is 545 g/mol. The van der Waals surface area contributed by atoms with Gasteiger partial charge in [-0.2, -0.15) is 5.10 Å². The van der Waals surface area contributed by atoms with E-state index < -0.39 is 0 Å². The third-order valence-corrected chi connectivity index (χ3v) is 8.59. The average Bonchev–Trinajstić information content (AvgIpc) is 3.42. The molecule has 2 atom stereocenters. The van der Waals surface area contributed by atoms with Crippen molar-refractivity contribution in [3.05, 3.63) is 73.3 Å². The van der Waals surface area contributed by atoms with Crippen molar-refractivity contribution in [2.75, 3.05) is 0 Å². The molecule has 2 fully saturated rings. The van der Waals surface area contributed by atoms with Crippen LogP contribution in [0.25, 0.3) is 11.3 Å². The van der Waals surface area contributed by atoms with Gasteiger partial charge >= 0.3 is 0 Å². The number of hydrogen-bond acceptors (Lipinski definition) is 2. The Morgan fingerprint density at radius 2 is 1.88 bits per heavy atom. The van der Waals surface area contributed by atoms with Crippen LogP contribution in [0.5, 0.6) is 0 Å². The van der Waals surface area contributed by atoms with Crippen LogP contribution in [0.2, 0.25) is 10.0 Å². The molecule has 0 radical (unpaired) electrons. The lowest BCUT2D eigenvalue weighted by Crippen LogP contribution is -2.39. The summed E-state index contributed by atoms with van der Waals surface area (Å²) in [7, 11) is 0. The summed E-state index contributed by atoms with van der Waals surface area (Å²) in [6, 6.07) is 12.0. The fourth-order valence-corrected chi connectivity index (χ4v) is 6.96. The van der Waals surface area contributed by atoms with E-state index in [0.29, 0.717) is 28.7 Å². The predicted octanol–water partition coefficient (Wildman–Crippen LogP) is 6.88. The van der Waals surface area contributed by atoms with Gasteiger partial charge in [-0.15, -0.1) is 0 Å². The van der Waals surface area contributed by atoms with Gasteiger partial charge in [-0.05, 0) is 66.5 Å². The van der Waals surface area contributed by atoms with E-state index in [1.165, 1.54) is 24.8 Å². The lowest BCUT2D eigenvalue weighted by atomic mass is 9.85. The summed E-state index contributed by atoms with van der Waals surface area (Å²) < 4.78 is 2.97. The van der Waals surface area contributed by atoms with Crippen molar-refractivity contribution in [3.8, 4) is 11.3 Å². The molecule has 33 heavy (non-hydrogen) atoms. The van der Waals surface area contributed by atoms with Crippen LogP contribution in [0.15, 0.2) is 40.9 Å². The number of benzene rings is 2. The number of nitrogens with zero attached hydrogens (tertiary/aromatic N) is 2. The van der Waals surface area contributed by atoms with Gasteiger partial charge < -0.3 is 5.32 Å². The zero-order valence-corrected chi connectivity index (χ0v) is 21.2. The summed E-state index contributed by atoms with van der Waals surface area (Å²) >= 11 is 16.2. The Labute approximate surface area is 211 Å². The second-order valence-electron chi connectivity index (χ2n) is 9.73. The van der Waals surface area contributed by atoms with Gasteiger partial charge in [-0.25, -0.2) is 0 Å². The number of rotatable bonds is 4. The minimum Gasteiger partial charge on any atom is -0.348 e. The van der Waals surface area contributed by atoms with E-state index in [0.717, 1.165) is 51.5 Å². The zero-order valence-electron chi connectivity index (χ0n) is 18.1. The molecule has 2 aromatic carbocycles. The number of aromatic nitrogens is 2. The van der Waals surface area contributed by atoms with Crippen LogP contribution in [-0.2, 0) is 13.0 Å². The predicted molar refractivity (Wildman–Crippen MR) is 135 cm³/mol. The normalized spacial score (nSPS) is 22.8. The summed E-state index contributed by atoms with van der Waals surface area (Å²) in [6.07, 6.45) is 6.86. The van der Waals surface area contributed by atoms with Crippen molar-refractivity contribution >= 4 is 45.0 Å². The molecule has 6 rings (SSSR count). The van der Waals surface area contributed by atoms with Crippen molar-refractivity contribution < 1.29 is 4.79 Å². The maximum Gasteiger partial charge on any atom is 0.272 e. The topological polar surface area (TPSA) is 46.9 Å².